The molecule has 0 aromatic carbocycles. The van der Waals surface area contributed by atoms with Crippen molar-refractivity contribution in [3.05, 3.63) is 0 Å². The van der Waals surface area contributed by atoms with Crippen molar-refractivity contribution in [3.63, 3.8) is 0 Å². The summed E-state index contributed by atoms with van der Waals surface area (Å²) in [6, 6.07) is -0.230. The van der Waals surface area contributed by atoms with Gasteiger partial charge < -0.3 is 20.6 Å². The minimum absolute atomic E-state index is 0.0240. The van der Waals surface area contributed by atoms with Crippen molar-refractivity contribution in [1.29, 1.82) is 0 Å². The van der Waals surface area contributed by atoms with Crippen LogP contribution >= 0.6 is 0 Å². The Labute approximate surface area is 112 Å². The van der Waals surface area contributed by atoms with Crippen LogP contribution < -0.4 is 10.6 Å². The molecule has 0 heterocycles. The van der Waals surface area contributed by atoms with Gasteiger partial charge in [0, 0.05) is 18.6 Å². The third kappa shape index (κ3) is 6.08. The van der Waals surface area contributed by atoms with Crippen molar-refractivity contribution in [1.82, 2.24) is 15.5 Å². The maximum atomic E-state index is 11.9. The highest BCUT2D eigenvalue weighted by molar-refractivity contribution is 5.84. The average Bonchev–Trinajstić information content (AvgIpc) is 3.09. The zero-order chi connectivity index (χ0) is 14.4. The lowest BCUT2D eigenvalue weighted by atomic mass is 10.3. The van der Waals surface area contributed by atoms with E-state index in [-0.39, 0.29) is 43.5 Å². The van der Waals surface area contributed by atoms with Crippen LogP contribution in [0.15, 0.2) is 0 Å². The number of rotatable bonds is 7. The van der Waals surface area contributed by atoms with Gasteiger partial charge in [-0.15, -0.1) is 0 Å². The maximum absolute atomic E-state index is 11.9. The van der Waals surface area contributed by atoms with Crippen LogP contribution in [0, 0.1) is 0 Å². The number of carbonyl (C=O) groups is 3. The Morgan fingerprint density at radius 1 is 1.32 bits per heavy atom. The summed E-state index contributed by atoms with van der Waals surface area (Å²) in [5.41, 5.74) is 0. The van der Waals surface area contributed by atoms with E-state index in [1.165, 1.54) is 4.90 Å². The molecular weight excluding hydrogens is 250 g/mol. The van der Waals surface area contributed by atoms with Gasteiger partial charge in [0.05, 0.1) is 13.0 Å². The van der Waals surface area contributed by atoms with Gasteiger partial charge in [-0.25, -0.2) is 4.79 Å². The summed E-state index contributed by atoms with van der Waals surface area (Å²) in [6.07, 6.45) is 1.71. The monoisotopic (exact) mass is 271 g/mol. The molecule has 3 N–H and O–H groups in total. The molecule has 1 rings (SSSR count). The molecule has 0 aromatic heterocycles. The number of nitrogens with one attached hydrogen (secondary N) is 2. The third-order valence-corrected chi connectivity index (χ3v) is 2.66. The zero-order valence-electron chi connectivity index (χ0n) is 11.3. The summed E-state index contributed by atoms with van der Waals surface area (Å²) in [5.74, 6) is -1.19. The van der Waals surface area contributed by atoms with E-state index < -0.39 is 5.97 Å². The lowest BCUT2D eigenvalue weighted by Gasteiger charge is -2.22. The quantitative estimate of drug-likeness (QED) is 0.614. The fraction of sp³-hybridized carbons (Fsp3) is 0.750. The van der Waals surface area contributed by atoms with Crippen molar-refractivity contribution in [2.45, 2.75) is 45.2 Å². The molecule has 7 heteroatoms. The fourth-order valence-electron chi connectivity index (χ4n) is 1.68. The van der Waals surface area contributed by atoms with Gasteiger partial charge in [-0.1, -0.05) is 0 Å². The molecule has 0 atom stereocenters. The van der Waals surface area contributed by atoms with Crippen molar-refractivity contribution < 1.29 is 19.5 Å². The van der Waals surface area contributed by atoms with Gasteiger partial charge in [-0.3, -0.25) is 9.59 Å². The first kappa shape index (κ1) is 15.3. The molecule has 1 aliphatic rings. The Morgan fingerprint density at radius 2 is 1.95 bits per heavy atom. The highest BCUT2D eigenvalue weighted by atomic mass is 16.4. The number of carboxylic acids is 1. The molecule has 0 aromatic rings. The topological polar surface area (TPSA) is 98.7 Å². The van der Waals surface area contributed by atoms with Crippen LogP contribution in [-0.4, -0.2) is 53.1 Å². The first-order valence-corrected chi connectivity index (χ1v) is 6.45. The van der Waals surface area contributed by atoms with Crippen LogP contribution in [0.1, 0.15) is 33.1 Å². The van der Waals surface area contributed by atoms with Gasteiger partial charge in [-0.2, -0.15) is 0 Å². The molecular formula is C12H21N3O4. The highest BCUT2D eigenvalue weighted by Crippen LogP contribution is 2.26. The van der Waals surface area contributed by atoms with Crippen molar-refractivity contribution in [3.8, 4) is 0 Å². The number of carboxylic acid groups (broad SMARTS) is 1. The Balaban J connectivity index is 2.35. The van der Waals surface area contributed by atoms with Gasteiger partial charge in [0.1, 0.15) is 0 Å². The van der Waals surface area contributed by atoms with Gasteiger partial charge in [0.2, 0.25) is 5.91 Å². The Kier molecular flexibility index (Phi) is 5.59. The smallest absolute Gasteiger partial charge is 0.318 e. The van der Waals surface area contributed by atoms with E-state index in [1.54, 1.807) is 0 Å². The average molecular weight is 271 g/mol. The second-order valence-electron chi connectivity index (χ2n) is 4.95. The van der Waals surface area contributed by atoms with E-state index >= 15 is 0 Å². The largest absolute Gasteiger partial charge is 0.481 e. The molecule has 0 radical (unpaired) electrons. The van der Waals surface area contributed by atoms with Crippen LogP contribution in [0.25, 0.3) is 0 Å². The van der Waals surface area contributed by atoms with Crippen molar-refractivity contribution in [2.24, 2.45) is 0 Å². The van der Waals surface area contributed by atoms with Gasteiger partial charge >= 0.3 is 12.0 Å². The van der Waals surface area contributed by atoms with Crippen molar-refractivity contribution in [2.75, 3.05) is 13.1 Å². The SMILES string of the molecule is CC(C)NC(=O)CNC(=O)N(CCC(=O)O)C1CC1. The molecule has 3 amide bonds. The third-order valence-electron chi connectivity index (χ3n) is 2.66. The Hall–Kier alpha value is -1.79. The molecule has 1 aliphatic carbocycles. The van der Waals surface area contributed by atoms with E-state index in [1.807, 2.05) is 13.8 Å². The number of carbonyl (C=O) groups excluding carboxylic acids is 2. The van der Waals surface area contributed by atoms with E-state index in [0.717, 1.165) is 12.8 Å². The summed E-state index contributed by atoms with van der Waals surface area (Å²) < 4.78 is 0. The molecule has 1 saturated carbocycles. The second-order valence-corrected chi connectivity index (χ2v) is 4.95. The van der Waals surface area contributed by atoms with Crippen molar-refractivity contribution >= 4 is 17.9 Å². The van der Waals surface area contributed by atoms with Gasteiger partial charge in [0.25, 0.3) is 0 Å². The maximum Gasteiger partial charge on any atom is 0.318 e. The summed E-state index contributed by atoms with van der Waals surface area (Å²) in [7, 11) is 0. The molecule has 0 spiro atoms. The zero-order valence-corrected chi connectivity index (χ0v) is 11.3. The van der Waals surface area contributed by atoms with Gasteiger partial charge in [0.15, 0.2) is 0 Å². The highest BCUT2D eigenvalue weighted by Gasteiger charge is 2.32. The molecule has 0 bridgehead atoms. The summed E-state index contributed by atoms with van der Waals surface area (Å²) in [4.78, 5) is 35.3. The summed E-state index contributed by atoms with van der Waals surface area (Å²) in [5, 5.41) is 13.8. The molecule has 19 heavy (non-hydrogen) atoms. The van der Waals surface area contributed by atoms with Crippen LogP contribution in [-0.2, 0) is 9.59 Å². The molecule has 0 unspecified atom stereocenters. The molecule has 0 saturated heterocycles. The summed E-state index contributed by atoms with van der Waals surface area (Å²) >= 11 is 0. The van der Waals surface area contributed by atoms with Crippen LogP contribution in [0.3, 0.4) is 0 Å². The lowest BCUT2D eigenvalue weighted by Crippen LogP contribution is -2.46. The first-order valence-electron chi connectivity index (χ1n) is 6.45. The standard InChI is InChI=1S/C12H21N3O4/c1-8(2)14-10(16)7-13-12(19)15(9-3-4-9)6-5-11(17)18/h8-9H,3-7H2,1-2H3,(H,13,19)(H,14,16)(H,17,18). The van der Waals surface area contributed by atoms with Crippen LogP contribution in [0.2, 0.25) is 0 Å². The van der Waals surface area contributed by atoms with E-state index in [2.05, 4.69) is 10.6 Å². The van der Waals surface area contributed by atoms with E-state index in [4.69, 9.17) is 5.11 Å². The molecule has 108 valence electrons. The number of amides is 3. The summed E-state index contributed by atoms with van der Waals surface area (Å²) in [6.45, 7) is 3.76. The predicted molar refractivity (Wildman–Crippen MR) is 68.7 cm³/mol. The van der Waals surface area contributed by atoms with E-state index in [9.17, 15) is 14.4 Å². The number of urea groups is 1. The minimum atomic E-state index is -0.934. The lowest BCUT2D eigenvalue weighted by molar-refractivity contribution is -0.137. The van der Waals surface area contributed by atoms with Gasteiger partial charge in [-0.05, 0) is 26.7 Å². The van der Waals surface area contributed by atoms with E-state index in [0.29, 0.717) is 0 Å². The second kappa shape index (κ2) is 6.96. The number of hydrogen-bond donors (Lipinski definition) is 3. The molecule has 0 aliphatic heterocycles. The normalized spacial score (nSPS) is 14.1. The number of hydrogen-bond acceptors (Lipinski definition) is 3. The van der Waals surface area contributed by atoms with Crippen LogP contribution in [0.4, 0.5) is 4.79 Å². The molecule has 7 nitrogen and oxygen atoms in total. The fourth-order valence-corrected chi connectivity index (χ4v) is 1.68. The Morgan fingerprint density at radius 3 is 2.42 bits per heavy atom. The first-order chi connectivity index (χ1) is 8.90. The predicted octanol–water partition coefficient (Wildman–Crippen LogP) is 0.160. The number of aliphatic carboxylic acids is 1. The molecule has 1 fully saturated rings. The number of nitrogens with zero attached hydrogens (tertiary/aromatic N) is 1. The van der Waals surface area contributed by atoms with Crippen LogP contribution in [0.5, 0.6) is 0 Å². The Bertz CT molecular complexity index is 353. The minimum Gasteiger partial charge on any atom is -0.481 e.